The van der Waals surface area contributed by atoms with Gasteiger partial charge >= 0.3 is 5.97 Å². The summed E-state index contributed by atoms with van der Waals surface area (Å²) in [6, 6.07) is 0. The van der Waals surface area contributed by atoms with Crippen LogP contribution in [-0.2, 0) is 18.7 Å². The predicted octanol–water partition coefficient (Wildman–Crippen LogP) is 4.66. The number of fused-ring (bicyclic) bond motifs is 2. The zero-order valence-corrected chi connectivity index (χ0v) is 17.5. The number of carbonyl (C=O) groups is 1. The van der Waals surface area contributed by atoms with Crippen LogP contribution in [0.25, 0.3) is 0 Å². The fourth-order valence-corrected chi connectivity index (χ4v) is 6.74. The second-order valence-corrected chi connectivity index (χ2v) is 13.0. The molecule has 0 N–H and O–H groups in total. The number of ether oxygens (including phenoxy) is 2. The quantitative estimate of drug-likeness (QED) is 0.297. The Morgan fingerprint density at radius 1 is 1.08 bits per heavy atom. The summed E-state index contributed by atoms with van der Waals surface area (Å²) in [5.41, 5.74) is 2.82. The second kappa shape index (κ2) is 7.16. The molecule has 5 heteroatoms. The number of rotatable bonds is 6. The number of carbonyl (C=O) groups excluding carboxylic acids is 1. The van der Waals surface area contributed by atoms with Gasteiger partial charge in [0.15, 0.2) is 14.1 Å². The van der Waals surface area contributed by atoms with Crippen molar-refractivity contribution in [1.82, 2.24) is 0 Å². The lowest BCUT2D eigenvalue weighted by Crippen LogP contribution is -2.60. The molecule has 25 heavy (non-hydrogen) atoms. The van der Waals surface area contributed by atoms with E-state index in [1.165, 1.54) is 24.0 Å². The summed E-state index contributed by atoms with van der Waals surface area (Å²) >= 11 is 0. The highest BCUT2D eigenvalue weighted by atomic mass is 28.4. The lowest BCUT2D eigenvalue weighted by Gasteiger charge is -2.52. The first-order chi connectivity index (χ1) is 11.8. The van der Waals surface area contributed by atoms with Crippen molar-refractivity contribution in [3.8, 4) is 0 Å². The zero-order valence-electron chi connectivity index (χ0n) is 16.5. The molecule has 4 atom stereocenters. The molecule has 0 aliphatic heterocycles. The summed E-state index contributed by atoms with van der Waals surface area (Å²) in [4.78, 5) is 13.1. The van der Waals surface area contributed by atoms with Crippen LogP contribution >= 0.6 is 0 Å². The molecule has 0 amide bonds. The van der Waals surface area contributed by atoms with Crippen molar-refractivity contribution in [3.05, 3.63) is 11.1 Å². The Kier molecular flexibility index (Phi) is 5.48. The Labute approximate surface area is 153 Å². The number of esters is 1. The van der Waals surface area contributed by atoms with Crippen LogP contribution in [0.2, 0.25) is 19.6 Å². The van der Waals surface area contributed by atoms with E-state index >= 15 is 0 Å². The summed E-state index contributed by atoms with van der Waals surface area (Å²) in [5, 5.41) is 0. The SMILES string of the molecule is CCOC(=O)[C@H]1C2=C(CCC2)[C@@H]2CCC[C@@H]2C1(OCC)O[Si](C)(C)C. The number of allylic oxidation sites excluding steroid dienone is 1. The van der Waals surface area contributed by atoms with Gasteiger partial charge in [0.2, 0.25) is 0 Å². The van der Waals surface area contributed by atoms with Crippen LogP contribution < -0.4 is 0 Å². The predicted molar refractivity (Wildman–Crippen MR) is 101 cm³/mol. The van der Waals surface area contributed by atoms with Gasteiger partial charge in [-0.2, -0.15) is 0 Å². The van der Waals surface area contributed by atoms with E-state index in [1.54, 1.807) is 0 Å². The minimum Gasteiger partial charge on any atom is -0.465 e. The van der Waals surface area contributed by atoms with Gasteiger partial charge in [0.1, 0.15) is 5.92 Å². The minimum absolute atomic E-state index is 0.144. The van der Waals surface area contributed by atoms with Crippen molar-refractivity contribution in [2.24, 2.45) is 17.8 Å². The van der Waals surface area contributed by atoms with Crippen molar-refractivity contribution in [3.63, 3.8) is 0 Å². The molecule has 0 radical (unpaired) electrons. The van der Waals surface area contributed by atoms with Crippen LogP contribution in [0.5, 0.6) is 0 Å². The molecule has 0 aromatic heterocycles. The van der Waals surface area contributed by atoms with E-state index < -0.39 is 14.1 Å². The van der Waals surface area contributed by atoms with Crippen molar-refractivity contribution in [1.29, 1.82) is 0 Å². The molecule has 0 saturated heterocycles. The topological polar surface area (TPSA) is 44.8 Å². The Balaban J connectivity index is 2.14. The summed E-state index contributed by atoms with van der Waals surface area (Å²) in [6.45, 7) is 11.4. The van der Waals surface area contributed by atoms with E-state index in [1.807, 2.05) is 13.8 Å². The molecule has 0 bridgehead atoms. The average molecular weight is 367 g/mol. The highest BCUT2D eigenvalue weighted by molar-refractivity contribution is 6.69. The normalized spacial score (nSPS) is 34.8. The van der Waals surface area contributed by atoms with Gasteiger partial charge in [0, 0.05) is 12.5 Å². The molecular formula is C20H34O4Si. The van der Waals surface area contributed by atoms with Gasteiger partial charge in [-0.05, 0) is 71.5 Å². The molecule has 0 aromatic rings. The fraction of sp³-hybridized carbons (Fsp3) is 0.850. The molecular weight excluding hydrogens is 332 g/mol. The molecule has 3 aliphatic rings. The zero-order chi connectivity index (χ0) is 18.2. The third-order valence-electron chi connectivity index (χ3n) is 5.89. The van der Waals surface area contributed by atoms with Crippen LogP contribution in [0, 0.1) is 17.8 Å². The van der Waals surface area contributed by atoms with Crippen LogP contribution in [0.4, 0.5) is 0 Å². The number of hydrogen-bond acceptors (Lipinski definition) is 4. The maximum absolute atomic E-state index is 13.1. The van der Waals surface area contributed by atoms with Crippen molar-refractivity contribution >= 4 is 14.3 Å². The lowest BCUT2D eigenvalue weighted by molar-refractivity contribution is -0.257. The van der Waals surface area contributed by atoms with E-state index in [-0.39, 0.29) is 17.8 Å². The molecule has 142 valence electrons. The van der Waals surface area contributed by atoms with Crippen LogP contribution in [0.3, 0.4) is 0 Å². The largest absolute Gasteiger partial charge is 0.465 e. The maximum Gasteiger partial charge on any atom is 0.318 e. The Morgan fingerprint density at radius 2 is 1.80 bits per heavy atom. The van der Waals surface area contributed by atoms with Crippen molar-refractivity contribution in [2.75, 3.05) is 13.2 Å². The molecule has 1 saturated carbocycles. The van der Waals surface area contributed by atoms with Crippen molar-refractivity contribution in [2.45, 2.75) is 77.8 Å². The van der Waals surface area contributed by atoms with E-state index in [0.29, 0.717) is 19.1 Å². The summed E-state index contributed by atoms with van der Waals surface area (Å²) in [5.74, 6) is -0.531. The smallest absolute Gasteiger partial charge is 0.318 e. The molecule has 0 spiro atoms. The van der Waals surface area contributed by atoms with E-state index in [2.05, 4.69) is 19.6 Å². The van der Waals surface area contributed by atoms with Crippen LogP contribution in [0.15, 0.2) is 11.1 Å². The van der Waals surface area contributed by atoms with Gasteiger partial charge in [0.05, 0.1) is 6.61 Å². The Morgan fingerprint density at radius 3 is 2.44 bits per heavy atom. The van der Waals surface area contributed by atoms with E-state index in [0.717, 1.165) is 25.7 Å². The molecule has 4 nitrogen and oxygen atoms in total. The van der Waals surface area contributed by atoms with Crippen LogP contribution in [-0.4, -0.2) is 33.3 Å². The third kappa shape index (κ3) is 3.35. The first-order valence-corrected chi connectivity index (χ1v) is 13.5. The van der Waals surface area contributed by atoms with Gasteiger partial charge in [-0.15, -0.1) is 0 Å². The molecule has 3 aliphatic carbocycles. The molecule has 1 unspecified atom stereocenters. The maximum atomic E-state index is 13.1. The number of hydrogen-bond donors (Lipinski definition) is 0. The summed E-state index contributed by atoms with van der Waals surface area (Å²) in [7, 11) is -1.92. The van der Waals surface area contributed by atoms with E-state index in [9.17, 15) is 4.79 Å². The lowest BCUT2D eigenvalue weighted by atomic mass is 9.68. The molecule has 1 fully saturated rings. The van der Waals surface area contributed by atoms with Crippen LogP contribution in [0.1, 0.15) is 52.4 Å². The summed E-state index contributed by atoms with van der Waals surface area (Å²) < 4.78 is 18.8. The van der Waals surface area contributed by atoms with E-state index in [4.69, 9.17) is 13.9 Å². The molecule has 0 heterocycles. The Bertz CT molecular complexity index is 550. The first kappa shape index (κ1) is 19.1. The molecule has 3 rings (SSSR count). The third-order valence-corrected chi connectivity index (χ3v) is 6.83. The highest BCUT2D eigenvalue weighted by Gasteiger charge is 2.62. The summed E-state index contributed by atoms with van der Waals surface area (Å²) in [6.07, 6.45) is 6.78. The van der Waals surface area contributed by atoms with Gasteiger partial charge in [0.25, 0.3) is 0 Å². The first-order valence-electron chi connectivity index (χ1n) is 10.1. The second-order valence-electron chi connectivity index (χ2n) is 8.60. The van der Waals surface area contributed by atoms with Crippen molar-refractivity contribution < 1.29 is 18.7 Å². The van der Waals surface area contributed by atoms with Gasteiger partial charge in [-0.3, -0.25) is 4.79 Å². The van der Waals surface area contributed by atoms with Gasteiger partial charge in [-0.25, -0.2) is 0 Å². The average Bonchev–Trinajstić information content (AvgIpc) is 3.14. The highest BCUT2D eigenvalue weighted by Crippen LogP contribution is 2.59. The van der Waals surface area contributed by atoms with Gasteiger partial charge < -0.3 is 13.9 Å². The minimum atomic E-state index is -1.92. The molecule has 0 aromatic carbocycles. The Hall–Kier alpha value is -0.653. The fourth-order valence-electron chi connectivity index (χ4n) is 5.45. The van der Waals surface area contributed by atoms with Gasteiger partial charge in [-0.1, -0.05) is 17.6 Å². The monoisotopic (exact) mass is 366 g/mol. The standard InChI is InChI=1S/C20H34O4Si/c1-6-22-19(21)18-16-12-8-10-14(16)15-11-9-13-17(15)20(18,23-7-2)24-25(3,4)5/h15,17-18H,6-13H2,1-5H3/t15-,17-,18+,20?/m0/s1.